The molecular weight excluding hydrogens is 200 g/mol. The topological polar surface area (TPSA) is 23.5 Å². The first-order valence-electron chi connectivity index (χ1n) is 4.83. The van der Waals surface area contributed by atoms with Gasteiger partial charge in [-0.05, 0) is 26.1 Å². The van der Waals surface area contributed by atoms with Crippen LogP contribution in [0.2, 0.25) is 0 Å². The van der Waals surface area contributed by atoms with E-state index >= 15 is 0 Å². The number of aliphatic hydroxyl groups excluding tert-OH is 1. The predicted molar refractivity (Wildman–Crippen MR) is 54.5 cm³/mol. The fourth-order valence-electron chi connectivity index (χ4n) is 1.48. The summed E-state index contributed by atoms with van der Waals surface area (Å²) in [4.78, 5) is 1.70. The van der Waals surface area contributed by atoms with E-state index in [9.17, 15) is 8.78 Å². The van der Waals surface area contributed by atoms with Crippen molar-refractivity contribution in [2.45, 2.75) is 13.0 Å². The Hall–Kier alpha value is -1.00. The first-order chi connectivity index (χ1) is 7.07. The number of halogens is 2. The first kappa shape index (κ1) is 12.1. The third-order valence-electron chi connectivity index (χ3n) is 2.53. The standard InChI is InChI=1S/C11H15F2NO/c1-8(14(2)6-7-15)11-9(12)4-3-5-10(11)13/h3-5,8,15H,6-7H2,1-2H3. The summed E-state index contributed by atoms with van der Waals surface area (Å²) in [5.74, 6) is -1.10. The van der Waals surface area contributed by atoms with E-state index in [1.54, 1.807) is 18.9 Å². The summed E-state index contributed by atoms with van der Waals surface area (Å²) < 4.78 is 26.7. The molecule has 0 spiro atoms. The highest BCUT2D eigenvalue weighted by atomic mass is 19.1. The number of aliphatic hydroxyl groups is 1. The Balaban J connectivity index is 2.94. The monoisotopic (exact) mass is 215 g/mol. The van der Waals surface area contributed by atoms with Gasteiger partial charge < -0.3 is 5.11 Å². The van der Waals surface area contributed by atoms with Gasteiger partial charge in [0.25, 0.3) is 0 Å². The van der Waals surface area contributed by atoms with E-state index in [0.29, 0.717) is 6.54 Å². The number of hydrogen-bond donors (Lipinski definition) is 1. The molecule has 0 radical (unpaired) electrons. The van der Waals surface area contributed by atoms with Crippen molar-refractivity contribution < 1.29 is 13.9 Å². The highest BCUT2D eigenvalue weighted by Gasteiger charge is 2.18. The molecule has 0 aliphatic carbocycles. The van der Waals surface area contributed by atoms with Gasteiger partial charge in [0.05, 0.1) is 6.61 Å². The van der Waals surface area contributed by atoms with E-state index in [1.807, 2.05) is 0 Å². The predicted octanol–water partition coefficient (Wildman–Crippen LogP) is 1.95. The van der Waals surface area contributed by atoms with Crippen molar-refractivity contribution in [2.75, 3.05) is 20.2 Å². The number of rotatable bonds is 4. The molecule has 1 aromatic rings. The zero-order valence-corrected chi connectivity index (χ0v) is 8.87. The lowest BCUT2D eigenvalue weighted by atomic mass is 10.1. The van der Waals surface area contributed by atoms with Crippen molar-refractivity contribution in [1.82, 2.24) is 4.90 Å². The Kier molecular flexibility index (Phi) is 4.17. The van der Waals surface area contributed by atoms with Crippen molar-refractivity contribution >= 4 is 0 Å². The minimum atomic E-state index is -0.549. The maximum absolute atomic E-state index is 13.4. The maximum atomic E-state index is 13.4. The molecule has 84 valence electrons. The van der Waals surface area contributed by atoms with Gasteiger partial charge in [-0.1, -0.05) is 6.07 Å². The second-order valence-electron chi connectivity index (χ2n) is 3.52. The Morgan fingerprint density at radius 3 is 2.33 bits per heavy atom. The summed E-state index contributed by atoms with van der Waals surface area (Å²) in [5, 5.41) is 8.74. The van der Waals surface area contributed by atoms with Crippen LogP contribution >= 0.6 is 0 Å². The van der Waals surface area contributed by atoms with Crippen LogP contribution in [-0.4, -0.2) is 30.2 Å². The van der Waals surface area contributed by atoms with Gasteiger partial charge in [0, 0.05) is 18.2 Å². The zero-order valence-electron chi connectivity index (χ0n) is 8.87. The van der Waals surface area contributed by atoms with Crippen molar-refractivity contribution in [3.8, 4) is 0 Å². The molecule has 0 saturated carbocycles. The summed E-state index contributed by atoms with van der Waals surface area (Å²) in [6.07, 6.45) is 0. The smallest absolute Gasteiger partial charge is 0.130 e. The van der Waals surface area contributed by atoms with E-state index in [2.05, 4.69) is 0 Å². The Labute approximate surface area is 88.1 Å². The van der Waals surface area contributed by atoms with Gasteiger partial charge in [-0.15, -0.1) is 0 Å². The lowest BCUT2D eigenvalue weighted by Gasteiger charge is -2.24. The summed E-state index contributed by atoms with van der Waals surface area (Å²) in [6, 6.07) is 3.43. The van der Waals surface area contributed by atoms with Crippen LogP contribution in [0, 0.1) is 11.6 Å². The largest absolute Gasteiger partial charge is 0.395 e. The molecule has 1 unspecified atom stereocenters. The van der Waals surface area contributed by atoms with Crippen molar-refractivity contribution in [1.29, 1.82) is 0 Å². The number of benzene rings is 1. The molecule has 0 aromatic heterocycles. The molecule has 1 atom stereocenters. The van der Waals surface area contributed by atoms with E-state index < -0.39 is 17.7 Å². The van der Waals surface area contributed by atoms with Gasteiger partial charge in [-0.3, -0.25) is 4.90 Å². The third-order valence-corrected chi connectivity index (χ3v) is 2.53. The second-order valence-corrected chi connectivity index (χ2v) is 3.52. The first-order valence-corrected chi connectivity index (χ1v) is 4.83. The van der Waals surface area contributed by atoms with Gasteiger partial charge >= 0.3 is 0 Å². The maximum Gasteiger partial charge on any atom is 0.130 e. The molecule has 15 heavy (non-hydrogen) atoms. The van der Waals surface area contributed by atoms with Crippen LogP contribution in [0.15, 0.2) is 18.2 Å². The fraction of sp³-hybridized carbons (Fsp3) is 0.455. The zero-order chi connectivity index (χ0) is 11.4. The molecule has 1 rings (SSSR count). The fourth-order valence-corrected chi connectivity index (χ4v) is 1.48. The van der Waals surface area contributed by atoms with Gasteiger partial charge in [-0.2, -0.15) is 0 Å². The molecule has 0 fully saturated rings. The van der Waals surface area contributed by atoms with E-state index in [0.717, 1.165) is 0 Å². The molecule has 4 heteroatoms. The highest BCUT2D eigenvalue weighted by Crippen LogP contribution is 2.24. The summed E-state index contributed by atoms with van der Waals surface area (Å²) in [5.41, 5.74) is 0.0495. The lowest BCUT2D eigenvalue weighted by molar-refractivity contribution is 0.184. The van der Waals surface area contributed by atoms with Crippen LogP contribution in [0.1, 0.15) is 18.5 Å². The third kappa shape index (κ3) is 2.73. The number of nitrogens with zero attached hydrogens (tertiary/aromatic N) is 1. The van der Waals surface area contributed by atoms with Gasteiger partial charge in [0.15, 0.2) is 0 Å². The molecule has 0 saturated heterocycles. The molecule has 0 bridgehead atoms. The Bertz CT molecular complexity index is 310. The normalized spacial score (nSPS) is 13.2. The van der Waals surface area contributed by atoms with Crippen LogP contribution in [0.5, 0.6) is 0 Å². The Morgan fingerprint density at radius 2 is 1.87 bits per heavy atom. The van der Waals surface area contributed by atoms with Crippen LogP contribution in [0.25, 0.3) is 0 Å². The highest BCUT2D eigenvalue weighted by molar-refractivity contribution is 5.22. The van der Waals surface area contributed by atoms with Crippen molar-refractivity contribution in [3.63, 3.8) is 0 Å². The molecule has 2 nitrogen and oxygen atoms in total. The van der Waals surface area contributed by atoms with Crippen molar-refractivity contribution in [2.24, 2.45) is 0 Å². The quantitative estimate of drug-likeness (QED) is 0.829. The van der Waals surface area contributed by atoms with E-state index in [4.69, 9.17) is 5.11 Å². The minimum absolute atomic E-state index is 0.0308. The van der Waals surface area contributed by atoms with Gasteiger partial charge in [0.1, 0.15) is 11.6 Å². The molecule has 0 heterocycles. The second kappa shape index (κ2) is 5.19. The van der Waals surface area contributed by atoms with Crippen LogP contribution in [-0.2, 0) is 0 Å². The molecule has 0 aliphatic heterocycles. The average molecular weight is 215 g/mol. The number of likely N-dealkylation sites (N-methyl/N-ethyl adjacent to an activating group) is 1. The van der Waals surface area contributed by atoms with Crippen LogP contribution in [0.4, 0.5) is 8.78 Å². The van der Waals surface area contributed by atoms with Gasteiger partial charge in [0.2, 0.25) is 0 Å². The summed E-state index contributed by atoms with van der Waals surface area (Å²) >= 11 is 0. The number of hydrogen-bond acceptors (Lipinski definition) is 2. The van der Waals surface area contributed by atoms with Crippen LogP contribution < -0.4 is 0 Å². The Morgan fingerprint density at radius 1 is 1.33 bits per heavy atom. The van der Waals surface area contributed by atoms with Crippen molar-refractivity contribution in [3.05, 3.63) is 35.4 Å². The SMILES string of the molecule is CC(c1c(F)cccc1F)N(C)CCO. The molecular formula is C11H15F2NO. The summed E-state index contributed by atoms with van der Waals surface area (Å²) in [7, 11) is 1.72. The molecule has 1 aromatic carbocycles. The summed E-state index contributed by atoms with van der Waals surface area (Å²) in [6.45, 7) is 2.06. The van der Waals surface area contributed by atoms with E-state index in [-0.39, 0.29) is 12.2 Å². The molecule has 0 aliphatic rings. The average Bonchev–Trinajstić information content (AvgIpc) is 2.17. The van der Waals surface area contributed by atoms with E-state index in [1.165, 1.54) is 18.2 Å². The van der Waals surface area contributed by atoms with Gasteiger partial charge in [-0.25, -0.2) is 8.78 Å². The molecule has 0 amide bonds. The minimum Gasteiger partial charge on any atom is -0.395 e. The lowest BCUT2D eigenvalue weighted by Crippen LogP contribution is -2.26. The molecule has 1 N–H and O–H groups in total. The van der Waals surface area contributed by atoms with Crippen LogP contribution in [0.3, 0.4) is 0 Å².